The first kappa shape index (κ1) is 17.7. The third-order valence-corrected chi connectivity index (χ3v) is 5.55. The monoisotopic (exact) mass is 333 g/mol. The molecule has 1 heterocycles. The third-order valence-electron chi connectivity index (χ3n) is 3.98. The minimum atomic E-state index is -3.36. The molecule has 4 nitrogen and oxygen atoms in total. The van der Waals surface area contributed by atoms with Crippen LogP contribution in [-0.2, 0) is 14.8 Å². The molecule has 0 aromatic heterocycles. The predicted molar refractivity (Wildman–Crippen MR) is 93.1 cm³/mol. The molecule has 124 valence electrons. The number of aryl methyl sites for hydroxylation is 1. The lowest BCUT2D eigenvalue weighted by Crippen LogP contribution is -2.38. The van der Waals surface area contributed by atoms with Gasteiger partial charge in [-0.3, -0.25) is 0 Å². The van der Waals surface area contributed by atoms with Crippen LogP contribution in [0.5, 0.6) is 0 Å². The average molecular weight is 333 g/mol. The van der Waals surface area contributed by atoms with Crippen LogP contribution in [0.2, 0.25) is 0 Å². The van der Waals surface area contributed by atoms with Crippen LogP contribution in [0.15, 0.2) is 29.7 Å². The summed E-state index contributed by atoms with van der Waals surface area (Å²) in [5, 5.41) is 1.30. The molecule has 1 aliphatic heterocycles. The van der Waals surface area contributed by atoms with E-state index in [0.29, 0.717) is 32.2 Å². The minimum Gasteiger partial charge on any atom is -0.369 e. The Labute approximate surface area is 139 Å². The van der Waals surface area contributed by atoms with Crippen LogP contribution in [0, 0.1) is 25.2 Å². The summed E-state index contributed by atoms with van der Waals surface area (Å²) >= 11 is 0. The second-order valence-corrected chi connectivity index (χ2v) is 7.64. The number of hydrogen-bond donors (Lipinski definition) is 0. The number of benzene rings is 1. The van der Waals surface area contributed by atoms with Gasteiger partial charge >= 0.3 is 0 Å². The summed E-state index contributed by atoms with van der Waals surface area (Å²) in [6.07, 6.45) is 8.41. The van der Waals surface area contributed by atoms with Gasteiger partial charge in [-0.2, -0.15) is 4.31 Å². The van der Waals surface area contributed by atoms with Crippen molar-refractivity contribution in [1.29, 1.82) is 0 Å². The molecule has 1 saturated heterocycles. The molecule has 1 aromatic rings. The zero-order valence-electron chi connectivity index (χ0n) is 13.4. The smallest absolute Gasteiger partial charge is 0.236 e. The van der Waals surface area contributed by atoms with E-state index < -0.39 is 10.0 Å². The number of nitrogens with zero attached hydrogens (tertiary/aromatic N) is 1. The van der Waals surface area contributed by atoms with Crippen LogP contribution in [0.4, 0.5) is 0 Å². The van der Waals surface area contributed by atoms with Crippen LogP contribution in [-0.4, -0.2) is 39.0 Å². The van der Waals surface area contributed by atoms with E-state index >= 15 is 0 Å². The maximum absolute atomic E-state index is 12.4. The van der Waals surface area contributed by atoms with Gasteiger partial charge in [-0.15, -0.1) is 6.42 Å². The van der Waals surface area contributed by atoms with Crippen molar-refractivity contribution >= 4 is 16.1 Å². The maximum Gasteiger partial charge on any atom is 0.236 e. The van der Waals surface area contributed by atoms with Gasteiger partial charge in [0.15, 0.2) is 0 Å². The Morgan fingerprint density at radius 2 is 1.96 bits per heavy atom. The van der Waals surface area contributed by atoms with E-state index in [1.807, 2.05) is 31.2 Å². The number of hydrogen-bond acceptors (Lipinski definition) is 3. The first-order valence-electron chi connectivity index (χ1n) is 7.77. The fraction of sp³-hybridized carbons (Fsp3) is 0.444. The fourth-order valence-corrected chi connectivity index (χ4v) is 3.76. The van der Waals surface area contributed by atoms with E-state index in [4.69, 9.17) is 11.2 Å². The number of rotatable bonds is 6. The highest BCUT2D eigenvalue weighted by atomic mass is 32.2. The van der Waals surface area contributed by atoms with Crippen molar-refractivity contribution < 1.29 is 13.2 Å². The average Bonchev–Trinajstić information content (AvgIpc) is 2.55. The molecule has 1 aliphatic rings. The van der Waals surface area contributed by atoms with Crippen molar-refractivity contribution in [1.82, 2.24) is 4.31 Å². The van der Waals surface area contributed by atoms with Crippen molar-refractivity contribution in [3.63, 3.8) is 0 Å². The van der Waals surface area contributed by atoms with Crippen molar-refractivity contribution in [2.24, 2.45) is 5.92 Å². The molecule has 0 atom stereocenters. The van der Waals surface area contributed by atoms with Crippen LogP contribution in [0.25, 0.3) is 6.08 Å². The quantitative estimate of drug-likeness (QED) is 0.594. The summed E-state index contributed by atoms with van der Waals surface area (Å²) in [7, 11) is -3.36. The Balaban J connectivity index is 1.89. The van der Waals surface area contributed by atoms with Gasteiger partial charge in [-0.25, -0.2) is 8.42 Å². The van der Waals surface area contributed by atoms with Crippen LogP contribution in [0.3, 0.4) is 0 Å². The van der Waals surface area contributed by atoms with Gasteiger partial charge in [0.05, 0.1) is 6.61 Å². The second kappa shape index (κ2) is 8.30. The van der Waals surface area contributed by atoms with E-state index in [2.05, 4.69) is 5.92 Å². The van der Waals surface area contributed by atoms with E-state index in [1.54, 1.807) is 6.08 Å². The molecule has 2 rings (SSSR count). The van der Waals surface area contributed by atoms with Gasteiger partial charge in [0, 0.05) is 18.5 Å². The summed E-state index contributed by atoms with van der Waals surface area (Å²) in [5.74, 6) is 2.82. The lowest BCUT2D eigenvalue weighted by Gasteiger charge is -2.30. The lowest BCUT2D eigenvalue weighted by atomic mass is 9.99. The van der Waals surface area contributed by atoms with Gasteiger partial charge in [0.25, 0.3) is 0 Å². The van der Waals surface area contributed by atoms with Gasteiger partial charge in [-0.05, 0) is 37.3 Å². The molecule has 0 aliphatic carbocycles. The Bertz CT molecular complexity index is 663. The summed E-state index contributed by atoms with van der Waals surface area (Å²) < 4.78 is 31.6. The highest BCUT2D eigenvalue weighted by molar-refractivity contribution is 7.92. The molecular weight excluding hydrogens is 310 g/mol. The molecule has 5 heteroatoms. The largest absolute Gasteiger partial charge is 0.369 e. The Morgan fingerprint density at radius 3 is 2.57 bits per heavy atom. The Hall–Kier alpha value is -1.61. The number of sulfonamides is 1. The van der Waals surface area contributed by atoms with Gasteiger partial charge in [0.2, 0.25) is 10.0 Å². The molecule has 0 amide bonds. The molecule has 1 aromatic carbocycles. The Morgan fingerprint density at radius 1 is 1.30 bits per heavy atom. The van der Waals surface area contributed by atoms with Gasteiger partial charge < -0.3 is 4.74 Å². The number of piperidine rings is 1. The maximum atomic E-state index is 12.4. The zero-order chi connectivity index (χ0) is 16.7. The summed E-state index contributed by atoms with van der Waals surface area (Å²) in [6, 6.07) is 7.76. The molecule has 0 spiro atoms. The first-order valence-corrected chi connectivity index (χ1v) is 9.27. The molecule has 0 radical (unpaired) electrons. The highest BCUT2D eigenvalue weighted by Crippen LogP contribution is 2.21. The third kappa shape index (κ3) is 5.51. The van der Waals surface area contributed by atoms with Gasteiger partial charge in [-0.1, -0.05) is 35.7 Å². The predicted octanol–water partition coefficient (Wildman–Crippen LogP) is 2.66. The normalized spacial score (nSPS) is 17.4. The molecule has 23 heavy (non-hydrogen) atoms. The molecular formula is C18H23NO3S. The van der Waals surface area contributed by atoms with E-state index in [9.17, 15) is 8.42 Å². The number of ether oxygens (including phenoxy) is 1. The second-order valence-electron chi connectivity index (χ2n) is 5.82. The SMILES string of the molecule is C#CCOCC1CCN(S(=O)(=O)/C=C/c2ccc(C)cc2)CC1. The molecule has 0 N–H and O–H groups in total. The summed E-state index contributed by atoms with van der Waals surface area (Å²) in [6.45, 7) is 3.99. The zero-order valence-corrected chi connectivity index (χ0v) is 14.3. The van der Waals surface area contributed by atoms with Gasteiger partial charge in [0.1, 0.15) is 6.61 Å². The van der Waals surface area contributed by atoms with Crippen molar-refractivity contribution in [2.45, 2.75) is 19.8 Å². The highest BCUT2D eigenvalue weighted by Gasteiger charge is 2.26. The lowest BCUT2D eigenvalue weighted by molar-refractivity contribution is 0.101. The van der Waals surface area contributed by atoms with Crippen molar-refractivity contribution in [2.75, 3.05) is 26.3 Å². The molecule has 0 saturated carbocycles. The van der Waals surface area contributed by atoms with E-state index in [1.165, 1.54) is 9.71 Å². The first-order chi connectivity index (χ1) is 11.0. The minimum absolute atomic E-state index is 0.317. The Kier molecular flexibility index (Phi) is 6.40. The summed E-state index contributed by atoms with van der Waals surface area (Å²) in [4.78, 5) is 0. The molecule has 0 bridgehead atoms. The summed E-state index contributed by atoms with van der Waals surface area (Å²) in [5.41, 5.74) is 2.04. The van der Waals surface area contributed by atoms with E-state index in [-0.39, 0.29) is 0 Å². The fourth-order valence-electron chi connectivity index (χ4n) is 2.54. The molecule has 1 fully saturated rings. The van der Waals surface area contributed by atoms with Crippen LogP contribution < -0.4 is 0 Å². The molecule has 0 unspecified atom stereocenters. The van der Waals surface area contributed by atoms with Crippen molar-refractivity contribution in [3.8, 4) is 12.3 Å². The van der Waals surface area contributed by atoms with Crippen LogP contribution >= 0.6 is 0 Å². The van der Waals surface area contributed by atoms with E-state index in [0.717, 1.165) is 24.0 Å². The van der Waals surface area contributed by atoms with Crippen molar-refractivity contribution in [3.05, 3.63) is 40.8 Å². The van der Waals surface area contributed by atoms with Crippen LogP contribution in [0.1, 0.15) is 24.0 Å². The standard InChI is InChI=1S/C18H23NO3S/c1-3-13-22-15-18-8-11-19(12-9-18)23(20,21)14-10-17-6-4-16(2)5-7-17/h1,4-7,10,14,18H,8-9,11-13,15H2,2H3/b14-10+. The topological polar surface area (TPSA) is 46.6 Å². The number of terminal acetylenes is 1.